The molecule has 2 N–H and O–H groups in total. The Hall–Kier alpha value is -1.07. The lowest BCUT2D eigenvalue weighted by Gasteiger charge is -2.19. The monoisotopic (exact) mass is 310 g/mol. The van der Waals surface area contributed by atoms with Crippen LogP contribution in [0.5, 0.6) is 0 Å². The molecule has 0 aromatic carbocycles. The summed E-state index contributed by atoms with van der Waals surface area (Å²) in [5.74, 6) is 2.56. The lowest BCUT2D eigenvalue weighted by molar-refractivity contribution is -0.121. The molecule has 0 radical (unpaired) electrons. The molecule has 1 atom stereocenters. The third kappa shape index (κ3) is 6.48. The summed E-state index contributed by atoms with van der Waals surface area (Å²) in [5, 5.41) is 11.7. The number of thioether (sulfide) groups is 1. The molecule has 0 fully saturated rings. The van der Waals surface area contributed by atoms with E-state index in [0.717, 1.165) is 29.9 Å². The van der Waals surface area contributed by atoms with E-state index in [-0.39, 0.29) is 18.4 Å². The molecule has 118 valence electrons. The van der Waals surface area contributed by atoms with Gasteiger partial charge in [0.1, 0.15) is 5.82 Å². The third-order valence-electron chi connectivity index (χ3n) is 3.32. The Morgan fingerprint density at radius 2 is 2.24 bits per heavy atom. The zero-order chi connectivity index (χ0) is 15.7. The number of aromatic nitrogens is 1. The second kappa shape index (κ2) is 9.79. The van der Waals surface area contributed by atoms with Crippen LogP contribution in [0.25, 0.3) is 0 Å². The van der Waals surface area contributed by atoms with Gasteiger partial charge in [0.05, 0.1) is 6.61 Å². The molecule has 21 heavy (non-hydrogen) atoms. The van der Waals surface area contributed by atoms with Gasteiger partial charge in [-0.1, -0.05) is 27.2 Å². The molecule has 0 aliphatic heterocycles. The van der Waals surface area contributed by atoms with E-state index in [2.05, 4.69) is 31.1 Å². The average Bonchev–Trinajstić information content (AvgIpc) is 2.45. The molecule has 1 aromatic rings. The standard InChI is InChI=1S/C16H26N2O2S/c1-4-5-14(12(2)3)16(20)18-15-10-13(6-7-17-15)11-21-9-8-19/h6-7,10,12,14,19H,4-5,8-9,11H2,1-3H3,(H,17,18,20). The molecule has 1 amide bonds. The van der Waals surface area contributed by atoms with Crippen molar-refractivity contribution in [1.29, 1.82) is 0 Å². The number of rotatable bonds is 9. The molecular formula is C16H26N2O2S. The van der Waals surface area contributed by atoms with Gasteiger partial charge in [-0.3, -0.25) is 4.79 Å². The Balaban J connectivity index is 2.64. The highest BCUT2D eigenvalue weighted by atomic mass is 32.2. The summed E-state index contributed by atoms with van der Waals surface area (Å²) in [7, 11) is 0. The quantitative estimate of drug-likeness (QED) is 0.687. The van der Waals surface area contributed by atoms with Gasteiger partial charge in [-0.05, 0) is 30.0 Å². The Kier molecular flexibility index (Phi) is 8.38. The van der Waals surface area contributed by atoms with Crippen LogP contribution in [0.4, 0.5) is 5.82 Å². The molecule has 1 unspecified atom stereocenters. The van der Waals surface area contributed by atoms with Crippen molar-refractivity contribution in [2.75, 3.05) is 17.7 Å². The Bertz CT molecular complexity index is 438. The maximum absolute atomic E-state index is 12.3. The van der Waals surface area contributed by atoms with Gasteiger partial charge in [-0.25, -0.2) is 4.98 Å². The SMILES string of the molecule is CCCC(C(=O)Nc1cc(CSCCO)ccn1)C(C)C. The maximum atomic E-state index is 12.3. The molecule has 0 saturated heterocycles. The fourth-order valence-electron chi connectivity index (χ4n) is 2.18. The largest absolute Gasteiger partial charge is 0.396 e. The first-order valence-electron chi connectivity index (χ1n) is 7.52. The van der Waals surface area contributed by atoms with Gasteiger partial charge < -0.3 is 10.4 Å². The molecule has 1 aromatic heterocycles. The normalized spacial score (nSPS) is 12.4. The highest BCUT2D eigenvalue weighted by molar-refractivity contribution is 7.98. The number of carbonyl (C=O) groups is 1. The number of carbonyl (C=O) groups excluding carboxylic acids is 1. The number of hydrogen-bond donors (Lipinski definition) is 2. The van der Waals surface area contributed by atoms with Crippen molar-refractivity contribution in [2.24, 2.45) is 11.8 Å². The Morgan fingerprint density at radius 3 is 2.86 bits per heavy atom. The Morgan fingerprint density at radius 1 is 1.48 bits per heavy atom. The van der Waals surface area contributed by atoms with Crippen molar-refractivity contribution >= 4 is 23.5 Å². The van der Waals surface area contributed by atoms with E-state index >= 15 is 0 Å². The van der Waals surface area contributed by atoms with Gasteiger partial charge in [0.25, 0.3) is 0 Å². The van der Waals surface area contributed by atoms with Crippen LogP contribution >= 0.6 is 11.8 Å². The summed E-state index contributed by atoms with van der Waals surface area (Å²) >= 11 is 1.66. The van der Waals surface area contributed by atoms with E-state index < -0.39 is 0 Å². The maximum Gasteiger partial charge on any atom is 0.228 e. The minimum atomic E-state index is 0.0317. The van der Waals surface area contributed by atoms with Crippen molar-refractivity contribution in [3.63, 3.8) is 0 Å². The van der Waals surface area contributed by atoms with E-state index in [4.69, 9.17) is 5.11 Å². The number of hydrogen-bond acceptors (Lipinski definition) is 4. The predicted molar refractivity (Wildman–Crippen MR) is 89.4 cm³/mol. The summed E-state index contributed by atoms with van der Waals surface area (Å²) < 4.78 is 0. The first kappa shape index (κ1) is 18.0. The molecular weight excluding hydrogens is 284 g/mol. The molecule has 1 heterocycles. The van der Waals surface area contributed by atoms with E-state index in [9.17, 15) is 4.79 Å². The summed E-state index contributed by atoms with van der Waals surface area (Å²) in [6.07, 6.45) is 3.62. The molecule has 0 spiro atoms. The third-order valence-corrected chi connectivity index (χ3v) is 4.33. The summed E-state index contributed by atoms with van der Waals surface area (Å²) in [4.78, 5) is 16.5. The summed E-state index contributed by atoms with van der Waals surface area (Å²) in [6, 6.07) is 3.84. The van der Waals surface area contributed by atoms with E-state index in [1.54, 1.807) is 18.0 Å². The number of anilines is 1. The molecule has 5 heteroatoms. The van der Waals surface area contributed by atoms with Crippen molar-refractivity contribution in [1.82, 2.24) is 4.98 Å². The van der Waals surface area contributed by atoms with Crippen LogP contribution < -0.4 is 5.32 Å². The molecule has 4 nitrogen and oxygen atoms in total. The minimum Gasteiger partial charge on any atom is -0.396 e. The summed E-state index contributed by atoms with van der Waals surface area (Å²) in [6.45, 7) is 6.44. The fraction of sp³-hybridized carbons (Fsp3) is 0.625. The van der Waals surface area contributed by atoms with Gasteiger partial charge in [0.15, 0.2) is 0 Å². The zero-order valence-corrected chi connectivity index (χ0v) is 13.9. The van der Waals surface area contributed by atoms with Crippen LogP contribution in [0, 0.1) is 11.8 Å². The van der Waals surface area contributed by atoms with Gasteiger partial charge >= 0.3 is 0 Å². The zero-order valence-electron chi connectivity index (χ0n) is 13.1. The highest BCUT2D eigenvalue weighted by Gasteiger charge is 2.21. The van der Waals surface area contributed by atoms with Gasteiger partial charge in [0, 0.05) is 23.6 Å². The fourth-order valence-corrected chi connectivity index (χ4v) is 2.87. The molecule has 0 saturated carbocycles. The number of nitrogens with zero attached hydrogens (tertiary/aromatic N) is 1. The van der Waals surface area contributed by atoms with Crippen LogP contribution in [0.2, 0.25) is 0 Å². The Labute approximate surface area is 131 Å². The van der Waals surface area contributed by atoms with Gasteiger partial charge in [0.2, 0.25) is 5.91 Å². The smallest absolute Gasteiger partial charge is 0.228 e. The van der Waals surface area contributed by atoms with Crippen LogP contribution in [-0.2, 0) is 10.5 Å². The average molecular weight is 310 g/mol. The first-order valence-corrected chi connectivity index (χ1v) is 8.68. The summed E-state index contributed by atoms with van der Waals surface area (Å²) in [5.41, 5.74) is 1.11. The second-order valence-corrected chi connectivity index (χ2v) is 6.56. The van der Waals surface area contributed by atoms with Crippen LogP contribution in [0.3, 0.4) is 0 Å². The van der Waals surface area contributed by atoms with E-state index in [1.807, 2.05) is 12.1 Å². The molecule has 0 bridgehead atoms. The molecule has 1 rings (SSSR count). The van der Waals surface area contributed by atoms with Crippen LogP contribution in [0.15, 0.2) is 18.3 Å². The lowest BCUT2D eigenvalue weighted by atomic mass is 9.90. The van der Waals surface area contributed by atoms with Crippen molar-refractivity contribution in [3.05, 3.63) is 23.9 Å². The first-order chi connectivity index (χ1) is 10.1. The minimum absolute atomic E-state index is 0.0317. The number of aliphatic hydroxyl groups is 1. The van der Waals surface area contributed by atoms with Crippen LogP contribution in [-0.4, -0.2) is 28.4 Å². The topological polar surface area (TPSA) is 62.2 Å². The second-order valence-electron chi connectivity index (χ2n) is 5.45. The lowest BCUT2D eigenvalue weighted by Crippen LogP contribution is -2.27. The number of pyridine rings is 1. The molecule has 0 aliphatic rings. The van der Waals surface area contributed by atoms with E-state index in [0.29, 0.717) is 11.7 Å². The van der Waals surface area contributed by atoms with Crippen LogP contribution in [0.1, 0.15) is 39.2 Å². The van der Waals surface area contributed by atoms with Crippen molar-refractivity contribution in [3.8, 4) is 0 Å². The highest BCUT2D eigenvalue weighted by Crippen LogP contribution is 2.20. The predicted octanol–water partition coefficient (Wildman–Crippen LogP) is 3.32. The van der Waals surface area contributed by atoms with Crippen molar-refractivity contribution < 1.29 is 9.90 Å². The van der Waals surface area contributed by atoms with Gasteiger partial charge in [-0.2, -0.15) is 11.8 Å². The number of amides is 1. The van der Waals surface area contributed by atoms with Crippen molar-refractivity contribution in [2.45, 2.75) is 39.4 Å². The van der Waals surface area contributed by atoms with Gasteiger partial charge in [-0.15, -0.1) is 0 Å². The van der Waals surface area contributed by atoms with E-state index in [1.165, 1.54) is 0 Å². The number of aliphatic hydroxyl groups excluding tert-OH is 1. The number of nitrogens with one attached hydrogen (secondary N) is 1. The molecule has 0 aliphatic carbocycles.